The summed E-state index contributed by atoms with van der Waals surface area (Å²) in [6.07, 6.45) is -0.194. The summed E-state index contributed by atoms with van der Waals surface area (Å²) in [6, 6.07) is 0. The molecule has 1 unspecified atom stereocenters. The molecule has 0 aromatic heterocycles. The van der Waals surface area contributed by atoms with Crippen molar-refractivity contribution in [3.63, 3.8) is 0 Å². The van der Waals surface area contributed by atoms with Crippen LogP contribution in [0.2, 0.25) is 0 Å². The van der Waals surface area contributed by atoms with Gasteiger partial charge in [-0.2, -0.15) is 0 Å². The first-order valence-corrected chi connectivity index (χ1v) is 5.17. The molecule has 0 radical (unpaired) electrons. The Kier molecular flexibility index (Phi) is 7.98. The van der Waals surface area contributed by atoms with E-state index in [0.29, 0.717) is 12.3 Å². The number of nitrogens with two attached hydrogens (primary N) is 1. The molecule has 0 aliphatic heterocycles. The van der Waals surface area contributed by atoms with Crippen LogP contribution in [-0.2, 0) is 14.3 Å². The van der Waals surface area contributed by atoms with Crippen LogP contribution in [0.1, 0.15) is 19.8 Å². The number of halogens is 1. The van der Waals surface area contributed by atoms with Crippen LogP contribution in [0.25, 0.3) is 0 Å². The summed E-state index contributed by atoms with van der Waals surface area (Å²) in [5.74, 6) is -0.470. The molecule has 15 heavy (non-hydrogen) atoms. The van der Waals surface area contributed by atoms with Gasteiger partial charge in [0, 0.05) is 12.3 Å². The second-order valence-electron chi connectivity index (χ2n) is 2.71. The molecule has 1 atom stereocenters. The third-order valence-electron chi connectivity index (χ3n) is 1.45. The van der Waals surface area contributed by atoms with E-state index in [1.54, 1.807) is 6.92 Å². The zero-order valence-electron chi connectivity index (χ0n) is 8.59. The predicted molar refractivity (Wildman–Crippen MR) is 55.8 cm³/mol. The lowest BCUT2D eigenvalue weighted by Crippen LogP contribution is -2.53. The molecule has 0 rings (SSSR count). The van der Waals surface area contributed by atoms with Crippen LogP contribution in [0.15, 0.2) is 0 Å². The van der Waals surface area contributed by atoms with Gasteiger partial charge in [-0.05, 0) is 13.3 Å². The highest BCUT2D eigenvalue weighted by Crippen LogP contribution is 1.90. The van der Waals surface area contributed by atoms with Crippen LogP contribution in [0.3, 0.4) is 0 Å². The zero-order chi connectivity index (χ0) is 11.7. The minimum Gasteiger partial charge on any atom is -0.464 e. The SMILES string of the molecule is CCOC(=O)C(N)NNC(=O)CCCCl. The third-order valence-corrected chi connectivity index (χ3v) is 1.71. The number of carbonyl (C=O) groups excluding carboxylic acids is 2. The van der Waals surface area contributed by atoms with Crippen molar-refractivity contribution in [1.29, 1.82) is 0 Å². The number of alkyl halides is 1. The number of nitrogens with one attached hydrogen (secondary N) is 2. The molecule has 0 bridgehead atoms. The van der Waals surface area contributed by atoms with Gasteiger partial charge in [0.05, 0.1) is 6.61 Å². The van der Waals surface area contributed by atoms with Crippen LogP contribution in [0.4, 0.5) is 0 Å². The quantitative estimate of drug-likeness (QED) is 0.240. The van der Waals surface area contributed by atoms with E-state index in [9.17, 15) is 9.59 Å². The number of carbonyl (C=O) groups is 2. The average Bonchev–Trinajstić information content (AvgIpc) is 2.23. The van der Waals surface area contributed by atoms with Gasteiger partial charge in [0.1, 0.15) is 0 Å². The Morgan fingerprint density at radius 2 is 2.20 bits per heavy atom. The van der Waals surface area contributed by atoms with Crippen LogP contribution < -0.4 is 16.6 Å². The lowest BCUT2D eigenvalue weighted by Gasteiger charge is -2.12. The Morgan fingerprint density at radius 3 is 2.73 bits per heavy atom. The zero-order valence-corrected chi connectivity index (χ0v) is 9.34. The van der Waals surface area contributed by atoms with Crippen LogP contribution in [-0.4, -0.2) is 30.5 Å². The second-order valence-corrected chi connectivity index (χ2v) is 3.09. The van der Waals surface area contributed by atoms with Crippen molar-refractivity contribution in [2.45, 2.75) is 25.9 Å². The van der Waals surface area contributed by atoms with Crippen molar-refractivity contribution in [2.75, 3.05) is 12.5 Å². The summed E-state index contributed by atoms with van der Waals surface area (Å²) in [5.41, 5.74) is 9.97. The maximum absolute atomic E-state index is 11.0. The predicted octanol–water partition coefficient (Wildman–Crippen LogP) is -0.526. The summed E-state index contributed by atoms with van der Waals surface area (Å²) in [6.45, 7) is 1.91. The van der Waals surface area contributed by atoms with Gasteiger partial charge >= 0.3 is 5.97 Å². The van der Waals surface area contributed by atoms with E-state index in [-0.39, 0.29) is 18.9 Å². The Labute approximate surface area is 93.4 Å². The van der Waals surface area contributed by atoms with Crippen molar-refractivity contribution in [3.8, 4) is 0 Å². The fraction of sp³-hybridized carbons (Fsp3) is 0.750. The van der Waals surface area contributed by atoms with Gasteiger partial charge in [0.25, 0.3) is 0 Å². The molecular formula is C8H16ClN3O3. The molecule has 0 heterocycles. The number of esters is 1. The molecule has 4 N–H and O–H groups in total. The van der Waals surface area contributed by atoms with Crippen LogP contribution >= 0.6 is 11.6 Å². The number of amides is 1. The minimum atomic E-state index is -1.05. The van der Waals surface area contributed by atoms with Crippen molar-refractivity contribution in [2.24, 2.45) is 5.73 Å². The second kappa shape index (κ2) is 8.46. The van der Waals surface area contributed by atoms with E-state index < -0.39 is 12.1 Å². The molecule has 0 spiro atoms. The first-order chi connectivity index (χ1) is 7.11. The number of hydrogen-bond donors (Lipinski definition) is 3. The summed E-state index contributed by atoms with van der Waals surface area (Å²) in [7, 11) is 0. The third kappa shape index (κ3) is 7.12. The van der Waals surface area contributed by atoms with E-state index in [1.165, 1.54) is 0 Å². The molecule has 0 aliphatic carbocycles. The summed E-state index contributed by atoms with van der Waals surface area (Å²) < 4.78 is 4.62. The highest BCUT2D eigenvalue weighted by Gasteiger charge is 2.14. The van der Waals surface area contributed by atoms with E-state index in [0.717, 1.165) is 0 Å². The first-order valence-electron chi connectivity index (χ1n) is 4.64. The van der Waals surface area contributed by atoms with Gasteiger partial charge in [0.2, 0.25) is 5.91 Å². The minimum absolute atomic E-state index is 0.244. The lowest BCUT2D eigenvalue weighted by molar-refractivity contribution is -0.146. The summed E-state index contributed by atoms with van der Waals surface area (Å²) >= 11 is 5.40. The Balaban J connectivity index is 3.65. The number of hydrogen-bond acceptors (Lipinski definition) is 5. The van der Waals surface area contributed by atoms with Crippen molar-refractivity contribution < 1.29 is 14.3 Å². The molecule has 0 aromatic carbocycles. The summed E-state index contributed by atoms with van der Waals surface area (Å²) in [5, 5.41) is 0. The van der Waals surface area contributed by atoms with E-state index in [2.05, 4.69) is 15.6 Å². The normalized spacial score (nSPS) is 11.9. The smallest absolute Gasteiger partial charge is 0.339 e. The molecule has 0 saturated heterocycles. The van der Waals surface area contributed by atoms with Gasteiger partial charge in [0.15, 0.2) is 6.17 Å². The van der Waals surface area contributed by atoms with Gasteiger partial charge in [-0.15, -0.1) is 11.6 Å². The molecule has 0 aliphatic rings. The van der Waals surface area contributed by atoms with E-state index >= 15 is 0 Å². The van der Waals surface area contributed by atoms with Gasteiger partial charge in [-0.25, -0.2) is 10.2 Å². The monoisotopic (exact) mass is 237 g/mol. The average molecular weight is 238 g/mol. The highest BCUT2D eigenvalue weighted by atomic mass is 35.5. The van der Waals surface area contributed by atoms with Crippen molar-refractivity contribution in [1.82, 2.24) is 10.9 Å². The van der Waals surface area contributed by atoms with Gasteiger partial charge in [-0.3, -0.25) is 10.2 Å². The molecule has 7 heteroatoms. The molecule has 6 nitrogen and oxygen atoms in total. The Bertz CT molecular complexity index is 213. The van der Waals surface area contributed by atoms with Crippen LogP contribution in [0, 0.1) is 0 Å². The fourth-order valence-corrected chi connectivity index (χ4v) is 0.873. The molecular weight excluding hydrogens is 222 g/mol. The van der Waals surface area contributed by atoms with Crippen molar-refractivity contribution >= 4 is 23.5 Å². The van der Waals surface area contributed by atoms with E-state index in [4.69, 9.17) is 17.3 Å². The molecule has 0 saturated carbocycles. The van der Waals surface area contributed by atoms with Crippen molar-refractivity contribution in [3.05, 3.63) is 0 Å². The Morgan fingerprint density at radius 1 is 1.53 bits per heavy atom. The molecule has 1 amide bonds. The largest absolute Gasteiger partial charge is 0.464 e. The maximum Gasteiger partial charge on any atom is 0.339 e. The first kappa shape index (κ1) is 14.2. The number of hydrazine groups is 1. The molecule has 0 fully saturated rings. The van der Waals surface area contributed by atoms with Gasteiger partial charge in [-0.1, -0.05) is 0 Å². The van der Waals surface area contributed by atoms with Gasteiger partial charge < -0.3 is 10.5 Å². The van der Waals surface area contributed by atoms with E-state index in [1.807, 2.05) is 0 Å². The highest BCUT2D eigenvalue weighted by molar-refractivity contribution is 6.17. The standard InChI is InChI=1S/C8H16ClN3O3/c1-2-15-8(14)7(10)12-11-6(13)4-3-5-9/h7,12H,2-5,10H2,1H3,(H,11,13). The Hall–Kier alpha value is -0.850. The molecule has 0 aromatic rings. The number of rotatable bonds is 7. The summed E-state index contributed by atoms with van der Waals surface area (Å²) in [4.78, 5) is 22.0. The molecule has 88 valence electrons. The lowest BCUT2D eigenvalue weighted by atomic mass is 10.3. The van der Waals surface area contributed by atoms with Crippen LogP contribution in [0.5, 0.6) is 0 Å². The maximum atomic E-state index is 11.0. The topological polar surface area (TPSA) is 93.4 Å². The number of ether oxygens (including phenoxy) is 1. The fourth-order valence-electron chi connectivity index (χ4n) is 0.739.